The predicted octanol–water partition coefficient (Wildman–Crippen LogP) is 3.62. The summed E-state index contributed by atoms with van der Waals surface area (Å²) >= 11 is 11.4. The number of hydrogen-bond donors (Lipinski definition) is 3. The number of aryl methyl sites for hydroxylation is 2. The number of carbonyl (C=O) groups excluding carboxylic acids is 2. The molecule has 0 bridgehead atoms. The first-order chi connectivity index (χ1) is 11.8. The highest BCUT2D eigenvalue weighted by atomic mass is 35.5. The summed E-state index contributed by atoms with van der Waals surface area (Å²) < 4.78 is 13.4. The molecule has 0 aromatic heterocycles. The van der Waals surface area contributed by atoms with Crippen molar-refractivity contribution in [2.45, 2.75) is 13.8 Å². The molecule has 25 heavy (non-hydrogen) atoms. The Morgan fingerprint density at radius 1 is 1.04 bits per heavy atom. The summed E-state index contributed by atoms with van der Waals surface area (Å²) in [7, 11) is 0. The summed E-state index contributed by atoms with van der Waals surface area (Å²) in [5.41, 5.74) is 7.20. The van der Waals surface area contributed by atoms with E-state index < -0.39 is 17.6 Å². The van der Waals surface area contributed by atoms with Crippen molar-refractivity contribution in [1.29, 1.82) is 0 Å². The molecule has 0 aliphatic rings. The monoisotopic (exact) mass is 383 g/mol. The van der Waals surface area contributed by atoms with Gasteiger partial charge in [0.2, 0.25) is 0 Å². The lowest BCUT2D eigenvalue weighted by Crippen LogP contribution is -2.44. The maximum Gasteiger partial charge on any atom is 0.271 e. The molecule has 132 valence electrons. The van der Waals surface area contributed by atoms with Gasteiger partial charge in [0.15, 0.2) is 0 Å². The van der Waals surface area contributed by atoms with Gasteiger partial charge in [-0.15, -0.1) is 0 Å². The van der Waals surface area contributed by atoms with Crippen molar-refractivity contribution < 1.29 is 14.0 Å². The van der Waals surface area contributed by atoms with E-state index in [4.69, 9.17) is 23.2 Å². The average Bonchev–Trinajstić information content (AvgIpc) is 2.55. The molecule has 5 nitrogen and oxygen atoms in total. The first kappa shape index (κ1) is 19.0. The lowest BCUT2D eigenvalue weighted by atomic mass is 10.1. The van der Waals surface area contributed by atoms with Gasteiger partial charge in [-0.2, -0.15) is 0 Å². The van der Waals surface area contributed by atoms with Crippen molar-refractivity contribution >= 4 is 40.7 Å². The Bertz CT molecular complexity index is 828. The van der Waals surface area contributed by atoms with Gasteiger partial charge in [0.05, 0.1) is 22.2 Å². The molecule has 3 N–H and O–H groups in total. The molecule has 0 aliphatic carbocycles. The lowest BCUT2D eigenvalue weighted by Gasteiger charge is -2.12. The number of hydrazine groups is 1. The molecular formula is C17H16Cl2FN3O2. The number of nitrogens with one attached hydrogen (secondary N) is 3. The largest absolute Gasteiger partial charge is 0.376 e. The summed E-state index contributed by atoms with van der Waals surface area (Å²) in [6, 6.07) is 7.80. The van der Waals surface area contributed by atoms with E-state index in [0.29, 0.717) is 0 Å². The summed E-state index contributed by atoms with van der Waals surface area (Å²) in [6.07, 6.45) is 0. The van der Waals surface area contributed by atoms with Gasteiger partial charge in [0.1, 0.15) is 5.82 Å². The first-order valence-electron chi connectivity index (χ1n) is 7.33. The minimum atomic E-state index is -0.779. The quantitative estimate of drug-likeness (QED) is 0.557. The van der Waals surface area contributed by atoms with Gasteiger partial charge in [-0.1, -0.05) is 40.9 Å². The minimum absolute atomic E-state index is 0.0217. The lowest BCUT2D eigenvalue weighted by molar-refractivity contribution is -0.120. The number of hydrogen-bond acceptors (Lipinski definition) is 3. The number of rotatable bonds is 4. The Labute approximate surface area is 154 Å². The molecular weight excluding hydrogens is 368 g/mol. The SMILES string of the molecule is Cc1ccc(NCC(=O)NNC(=O)c2cc(F)c(Cl)cc2Cl)c(C)c1. The van der Waals surface area contributed by atoms with E-state index in [2.05, 4.69) is 16.2 Å². The fourth-order valence-electron chi connectivity index (χ4n) is 2.12. The molecule has 2 aromatic rings. The van der Waals surface area contributed by atoms with Crippen LogP contribution < -0.4 is 16.2 Å². The molecule has 0 unspecified atom stereocenters. The number of amides is 2. The van der Waals surface area contributed by atoms with Gasteiger partial charge in [-0.3, -0.25) is 20.4 Å². The van der Waals surface area contributed by atoms with Crippen LogP contribution in [0.25, 0.3) is 0 Å². The van der Waals surface area contributed by atoms with Crippen LogP contribution in [0, 0.1) is 19.7 Å². The van der Waals surface area contributed by atoms with E-state index in [9.17, 15) is 14.0 Å². The van der Waals surface area contributed by atoms with Crippen molar-refractivity contribution in [3.63, 3.8) is 0 Å². The van der Waals surface area contributed by atoms with Crippen LogP contribution in [0.3, 0.4) is 0 Å². The number of carbonyl (C=O) groups is 2. The summed E-state index contributed by atoms with van der Waals surface area (Å²) in [4.78, 5) is 23.8. The van der Waals surface area contributed by atoms with E-state index >= 15 is 0 Å². The molecule has 0 heterocycles. The number of halogens is 3. The Morgan fingerprint density at radius 3 is 2.44 bits per heavy atom. The molecule has 8 heteroatoms. The molecule has 0 fully saturated rings. The highest BCUT2D eigenvalue weighted by Gasteiger charge is 2.15. The zero-order chi connectivity index (χ0) is 18.6. The smallest absolute Gasteiger partial charge is 0.271 e. The fraction of sp³-hybridized carbons (Fsp3) is 0.176. The molecule has 2 amide bonds. The van der Waals surface area contributed by atoms with Crippen LogP contribution in [0.5, 0.6) is 0 Å². The third kappa shape index (κ3) is 5.08. The second kappa shape index (κ2) is 8.18. The van der Waals surface area contributed by atoms with Crippen LogP contribution in [-0.4, -0.2) is 18.4 Å². The van der Waals surface area contributed by atoms with Crippen LogP contribution in [-0.2, 0) is 4.79 Å². The molecule has 0 saturated heterocycles. The molecule has 2 aromatic carbocycles. The second-order valence-electron chi connectivity index (χ2n) is 5.42. The number of anilines is 1. The Morgan fingerprint density at radius 2 is 1.76 bits per heavy atom. The van der Waals surface area contributed by atoms with Crippen molar-refractivity contribution in [1.82, 2.24) is 10.9 Å². The van der Waals surface area contributed by atoms with Crippen molar-refractivity contribution in [3.05, 3.63) is 62.9 Å². The Balaban J connectivity index is 1.89. The highest BCUT2D eigenvalue weighted by Crippen LogP contribution is 2.24. The fourth-order valence-corrected chi connectivity index (χ4v) is 2.59. The topological polar surface area (TPSA) is 70.2 Å². The van der Waals surface area contributed by atoms with Gasteiger partial charge in [0, 0.05) is 5.69 Å². The molecule has 2 rings (SSSR count). The normalized spacial score (nSPS) is 10.3. The van der Waals surface area contributed by atoms with E-state index in [-0.39, 0.29) is 22.2 Å². The zero-order valence-corrected chi connectivity index (χ0v) is 15.1. The van der Waals surface area contributed by atoms with E-state index in [0.717, 1.165) is 28.9 Å². The molecule has 0 radical (unpaired) electrons. The van der Waals surface area contributed by atoms with Gasteiger partial charge >= 0.3 is 0 Å². The van der Waals surface area contributed by atoms with Crippen molar-refractivity contribution in [3.8, 4) is 0 Å². The van der Waals surface area contributed by atoms with Crippen LogP contribution in [0.2, 0.25) is 10.0 Å². The van der Waals surface area contributed by atoms with Gasteiger partial charge in [-0.25, -0.2) is 4.39 Å². The average molecular weight is 384 g/mol. The second-order valence-corrected chi connectivity index (χ2v) is 6.23. The van der Waals surface area contributed by atoms with Gasteiger partial charge in [-0.05, 0) is 37.6 Å². The van der Waals surface area contributed by atoms with Gasteiger partial charge < -0.3 is 5.32 Å². The molecule has 0 saturated carbocycles. The maximum atomic E-state index is 13.4. The zero-order valence-electron chi connectivity index (χ0n) is 13.5. The summed E-state index contributed by atoms with van der Waals surface area (Å²) in [5.74, 6) is -2.00. The van der Waals surface area contributed by atoms with Crippen LogP contribution >= 0.6 is 23.2 Å². The third-order valence-electron chi connectivity index (χ3n) is 3.39. The van der Waals surface area contributed by atoms with E-state index in [1.54, 1.807) is 0 Å². The van der Waals surface area contributed by atoms with Crippen LogP contribution in [0.4, 0.5) is 10.1 Å². The molecule has 0 spiro atoms. The van der Waals surface area contributed by atoms with E-state index in [1.807, 2.05) is 32.0 Å². The highest BCUT2D eigenvalue weighted by molar-refractivity contribution is 6.36. The Kier molecular flexibility index (Phi) is 6.22. The van der Waals surface area contributed by atoms with Gasteiger partial charge in [0.25, 0.3) is 11.8 Å². The summed E-state index contributed by atoms with van der Waals surface area (Å²) in [6.45, 7) is 3.85. The molecule has 0 aliphatic heterocycles. The maximum absolute atomic E-state index is 13.4. The summed E-state index contributed by atoms with van der Waals surface area (Å²) in [5, 5.41) is 2.75. The standard InChI is InChI=1S/C17H16Cl2FN3O2/c1-9-3-4-15(10(2)5-9)21-8-16(24)22-23-17(25)11-6-14(20)13(19)7-12(11)18/h3-7,21H,8H2,1-2H3,(H,22,24)(H,23,25). The Hall–Kier alpha value is -2.31. The number of benzene rings is 2. The van der Waals surface area contributed by atoms with Crippen LogP contribution in [0.15, 0.2) is 30.3 Å². The van der Waals surface area contributed by atoms with Crippen molar-refractivity contribution in [2.75, 3.05) is 11.9 Å². The molecule has 0 atom stereocenters. The first-order valence-corrected chi connectivity index (χ1v) is 8.08. The predicted molar refractivity (Wildman–Crippen MR) is 96.4 cm³/mol. The van der Waals surface area contributed by atoms with Crippen LogP contribution in [0.1, 0.15) is 21.5 Å². The third-order valence-corrected chi connectivity index (χ3v) is 3.99. The van der Waals surface area contributed by atoms with Crippen molar-refractivity contribution in [2.24, 2.45) is 0 Å². The minimum Gasteiger partial charge on any atom is -0.376 e. The van der Waals surface area contributed by atoms with E-state index in [1.165, 1.54) is 0 Å².